The second kappa shape index (κ2) is 4.74. The molecule has 1 nitrogen and oxygen atoms in total. The molecule has 1 rings (SSSR count). The molecule has 13 heavy (non-hydrogen) atoms. The van der Waals surface area contributed by atoms with Crippen LogP contribution >= 0.6 is 34.8 Å². The fourth-order valence-corrected chi connectivity index (χ4v) is 1.36. The van der Waals surface area contributed by atoms with Crippen molar-refractivity contribution in [2.24, 2.45) is 5.73 Å². The molecular weight excluding hydrogens is 228 g/mol. The lowest BCUT2D eigenvalue weighted by Gasteiger charge is -1.99. The quantitative estimate of drug-likeness (QED) is 0.542. The molecule has 1 aromatic carbocycles. The van der Waals surface area contributed by atoms with Crippen molar-refractivity contribution in [2.45, 2.75) is 0 Å². The molecule has 0 unspecified atom stereocenters. The lowest BCUT2D eigenvalue weighted by Crippen LogP contribution is -1.93. The summed E-state index contributed by atoms with van der Waals surface area (Å²) in [4.78, 5) is 0. The summed E-state index contributed by atoms with van der Waals surface area (Å²) in [6.45, 7) is 0.288. The minimum Gasteiger partial charge on any atom is -0.320 e. The first kappa shape index (κ1) is 10.7. The van der Waals surface area contributed by atoms with Gasteiger partial charge in [-0.25, -0.2) is 0 Å². The van der Waals surface area contributed by atoms with E-state index in [4.69, 9.17) is 40.5 Å². The topological polar surface area (TPSA) is 26.0 Å². The third-order valence-electron chi connectivity index (χ3n) is 1.34. The van der Waals surface area contributed by atoms with Crippen LogP contribution in [-0.4, -0.2) is 6.54 Å². The van der Waals surface area contributed by atoms with E-state index in [1.807, 2.05) is 0 Å². The van der Waals surface area contributed by atoms with Crippen LogP contribution in [-0.2, 0) is 0 Å². The van der Waals surface area contributed by atoms with Crippen molar-refractivity contribution in [3.63, 3.8) is 0 Å². The highest BCUT2D eigenvalue weighted by molar-refractivity contribution is 6.43. The maximum atomic E-state index is 5.85. The highest BCUT2D eigenvalue weighted by Crippen LogP contribution is 2.28. The summed E-state index contributed by atoms with van der Waals surface area (Å²) in [5.74, 6) is 5.47. The molecule has 0 aliphatic rings. The fraction of sp³-hybridized carbons (Fsp3) is 0.111. The Labute approximate surface area is 91.8 Å². The molecule has 1 aromatic rings. The van der Waals surface area contributed by atoms with Crippen LogP contribution in [0.3, 0.4) is 0 Å². The van der Waals surface area contributed by atoms with Gasteiger partial charge in [0, 0.05) is 5.56 Å². The van der Waals surface area contributed by atoms with Gasteiger partial charge in [-0.05, 0) is 12.1 Å². The first-order valence-electron chi connectivity index (χ1n) is 3.48. The van der Waals surface area contributed by atoms with Crippen molar-refractivity contribution in [2.75, 3.05) is 6.54 Å². The summed E-state index contributed by atoms with van der Waals surface area (Å²) in [6.07, 6.45) is 0. The highest BCUT2D eigenvalue weighted by Gasteiger charge is 2.02. The monoisotopic (exact) mass is 233 g/mol. The fourth-order valence-electron chi connectivity index (χ4n) is 0.765. The van der Waals surface area contributed by atoms with E-state index in [2.05, 4.69) is 11.8 Å². The van der Waals surface area contributed by atoms with Gasteiger partial charge in [0.05, 0.1) is 21.6 Å². The predicted octanol–water partition coefficient (Wildman–Crippen LogP) is 2.96. The van der Waals surface area contributed by atoms with Crippen LogP contribution in [0, 0.1) is 11.8 Å². The summed E-state index contributed by atoms with van der Waals surface area (Å²) >= 11 is 17.4. The zero-order valence-electron chi connectivity index (χ0n) is 6.57. The molecule has 68 valence electrons. The highest BCUT2D eigenvalue weighted by atomic mass is 35.5. The number of rotatable bonds is 0. The molecular formula is C9H6Cl3N. The molecule has 0 amide bonds. The Hall–Kier alpha value is -0.390. The second-order valence-corrected chi connectivity index (χ2v) is 3.47. The maximum Gasteiger partial charge on any atom is 0.0608 e. The van der Waals surface area contributed by atoms with Crippen LogP contribution in [0.5, 0.6) is 0 Å². The number of benzene rings is 1. The van der Waals surface area contributed by atoms with E-state index in [-0.39, 0.29) is 6.54 Å². The van der Waals surface area contributed by atoms with E-state index < -0.39 is 0 Å². The first-order valence-corrected chi connectivity index (χ1v) is 4.62. The largest absolute Gasteiger partial charge is 0.320 e. The van der Waals surface area contributed by atoms with Crippen molar-refractivity contribution in [1.82, 2.24) is 0 Å². The maximum absolute atomic E-state index is 5.85. The lowest BCUT2D eigenvalue weighted by molar-refractivity contribution is 1.30. The molecule has 0 radical (unpaired) electrons. The summed E-state index contributed by atoms with van der Waals surface area (Å²) in [5.41, 5.74) is 5.86. The normalized spacial score (nSPS) is 9.23. The first-order chi connectivity index (χ1) is 6.15. The standard InChI is InChI=1S/C9H6Cl3N/c10-7-5-9(12)8(11)4-6(7)2-1-3-13/h4-5H,3,13H2. The Morgan fingerprint density at radius 2 is 1.69 bits per heavy atom. The smallest absolute Gasteiger partial charge is 0.0608 e. The Balaban J connectivity index is 3.16. The van der Waals surface area contributed by atoms with E-state index in [0.29, 0.717) is 20.6 Å². The van der Waals surface area contributed by atoms with Gasteiger partial charge in [-0.15, -0.1) is 0 Å². The van der Waals surface area contributed by atoms with Gasteiger partial charge >= 0.3 is 0 Å². The van der Waals surface area contributed by atoms with Crippen molar-refractivity contribution in [3.8, 4) is 11.8 Å². The molecule has 0 atom stereocenters. The zero-order chi connectivity index (χ0) is 9.84. The van der Waals surface area contributed by atoms with Crippen LogP contribution in [0.4, 0.5) is 0 Å². The van der Waals surface area contributed by atoms with Crippen LogP contribution in [0.1, 0.15) is 5.56 Å². The minimum atomic E-state index is 0.288. The Morgan fingerprint density at radius 1 is 1.08 bits per heavy atom. The molecule has 0 aliphatic heterocycles. The zero-order valence-corrected chi connectivity index (χ0v) is 8.84. The van der Waals surface area contributed by atoms with Gasteiger partial charge in [-0.1, -0.05) is 46.6 Å². The molecule has 0 saturated heterocycles. The third kappa shape index (κ3) is 2.79. The predicted molar refractivity (Wildman–Crippen MR) is 57.4 cm³/mol. The van der Waals surface area contributed by atoms with E-state index >= 15 is 0 Å². The lowest BCUT2D eigenvalue weighted by atomic mass is 10.2. The van der Waals surface area contributed by atoms with E-state index in [9.17, 15) is 0 Å². The van der Waals surface area contributed by atoms with Crippen LogP contribution in [0.15, 0.2) is 12.1 Å². The third-order valence-corrected chi connectivity index (χ3v) is 2.37. The van der Waals surface area contributed by atoms with Gasteiger partial charge in [0.15, 0.2) is 0 Å². The Kier molecular flexibility index (Phi) is 3.90. The van der Waals surface area contributed by atoms with Gasteiger partial charge in [0.25, 0.3) is 0 Å². The van der Waals surface area contributed by atoms with Crippen LogP contribution in [0.25, 0.3) is 0 Å². The summed E-state index contributed by atoms with van der Waals surface area (Å²) < 4.78 is 0. The molecule has 0 spiro atoms. The van der Waals surface area contributed by atoms with Crippen molar-refractivity contribution < 1.29 is 0 Å². The molecule has 0 bridgehead atoms. The molecule has 0 aliphatic carbocycles. The number of hydrogen-bond acceptors (Lipinski definition) is 1. The minimum absolute atomic E-state index is 0.288. The van der Waals surface area contributed by atoms with E-state index in [0.717, 1.165) is 0 Å². The average molecular weight is 235 g/mol. The summed E-state index contributed by atoms with van der Waals surface area (Å²) in [6, 6.07) is 3.18. The van der Waals surface area contributed by atoms with Crippen molar-refractivity contribution >= 4 is 34.8 Å². The van der Waals surface area contributed by atoms with Gasteiger partial charge in [-0.3, -0.25) is 0 Å². The summed E-state index contributed by atoms with van der Waals surface area (Å²) in [7, 11) is 0. The molecule has 0 fully saturated rings. The van der Waals surface area contributed by atoms with Gasteiger partial charge in [-0.2, -0.15) is 0 Å². The molecule has 2 N–H and O–H groups in total. The molecule has 4 heteroatoms. The van der Waals surface area contributed by atoms with Gasteiger partial charge < -0.3 is 5.73 Å². The number of nitrogens with two attached hydrogens (primary N) is 1. The van der Waals surface area contributed by atoms with E-state index in [1.165, 1.54) is 0 Å². The Bertz CT molecular complexity index is 376. The molecule has 0 heterocycles. The van der Waals surface area contributed by atoms with E-state index in [1.54, 1.807) is 12.1 Å². The van der Waals surface area contributed by atoms with Gasteiger partial charge in [0.1, 0.15) is 0 Å². The van der Waals surface area contributed by atoms with Crippen molar-refractivity contribution in [3.05, 3.63) is 32.8 Å². The number of hydrogen-bond donors (Lipinski definition) is 1. The Morgan fingerprint density at radius 3 is 2.31 bits per heavy atom. The van der Waals surface area contributed by atoms with Crippen LogP contribution < -0.4 is 5.73 Å². The second-order valence-electron chi connectivity index (χ2n) is 2.25. The SMILES string of the molecule is NCC#Cc1cc(Cl)c(Cl)cc1Cl. The van der Waals surface area contributed by atoms with Gasteiger partial charge in [0.2, 0.25) is 0 Å². The van der Waals surface area contributed by atoms with Crippen LogP contribution in [0.2, 0.25) is 15.1 Å². The summed E-state index contributed by atoms with van der Waals surface area (Å²) in [5, 5.41) is 1.34. The average Bonchev–Trinajstić information content (AvgIpc) is 2.09. The molecule has 0 aromatic heterocycles. The van der Waals surface area contributed by atoms with Crippen molar-refractivity contribution in [1.29, 1.82) is 0 Å². The molecule has 0 saturated carbocycles. The number of halogens is 3.